The largest absolute Gasteiger partial charge is 3.00 e. The molecule has 0 aromatic heterocycles. The summed E-state index contributed by atoms with van der Waals surface area (Å²) >= 11 is 0. The van der Waals surface area contributed by atoms with Crippen LogP contribution in [-0.2, 0) is 31.2 Å². The average Bonchev–Trinajstić information content (AvgIpc) is 2.24. The Hall–Kier alpha value is -0.776. The summed E-state index contributed by atoms with van der Waals surface area (Å²) in [6, 6.07) is 0. The van der Waals surface area contributed by atoms with Gasteiger partial charge in [0.2, 0.25) is 6.26 Å². The molecule has 0 saturated heterocycles. The van der Waals surface area contributed by atoms with Crippen molar-refractivity contribution in [1.82, 2.24) is 0 Å². The van der Waals surface area contributed by atoms with E-state index in [-0.39, 0.29) is 33.9 Å². The number of hydrogen-bond acceptors (Lipinski definition) is 6. The molecule has 134 valence electrons. The Kier molecular flexibility index (Phi) is 34.5. The molecule has 0 rings (SSSR count). The van der Waals surface area contributed by atoms with E-state index >= 15 is 0 Å². The van der Waals surface area contributed by atoms with E-state index in [1.807, 2.05) is 20.8 Å². The summed E-state index contributed by atoms with van der Waals surface area (Å²) in [5.41, 5.74) is 2.24. The Balaban J connectivity index is -0.0000000646. The van der Waals surface area contributed by atoms with Gasteiger partial charge in [-0.2, -0.15) is 0 Å². The minimum absolute atomic E-state index is 0. The van der Waals surface area contributed by atoms with Gasteiger partial charge in [-0.3, -0.25) is 0 Å². The van der Waals surface area contributed by atoms with Crippen LogP contribution in [0.4, 0.5) is 4.79 Å². The number of rotatable bonds is 2. The van der Waals surface area contributed by atoms with E-state index < -0.39 is 18.4 Å². The molecule has 0 unspecified atom stereocenters. The normalized spacial score (nSPS) is 8.52. The Labute approximate surface area is 156 Å². The fourth-order valence-electron chi connectivity index (χ4n) is 0.307. The van der Waals surface area contributed by atoms with Crippen molar-refractivity contribution in [3.05, 3.63) is 18.6 Å². The molecule has 0 fully saturated rings. The summed E-state index contributed by atoms with van der Waals surface area (Å²) in [4.78, 5) is 9.27. The van der Waals surface area contributed by atoms with Gasteiger partial charge < -0.3 is 29.6 Å². The van der Waals surface area contributed by atoms with Gasteiger partial charge in [0.1, 0.15) is 5.60 Å². The van der Waals surface area contributed by atoms with Gasteiger partial charge in [0, 0.05) is 6.61 Å². The van der Waals surface area contributed by atoms with Gasteiger partial charge in [-0.15, -0.1) is 12.2 Å². The van der Waals surface area contributed by atoms with Gasteiger partial charge >= 0.3 is 21.7 Å². The van der Waals surface area contributed by atoms with Crippen LogP contribution in [0.1, 0.15) is 55.4 Å². The Morgan fingerprint density at radius 2 is 1.43 bits per heavy atom. The molecule has 0 aliphatic carbocycles. The maximum absolute atomic E-state index is 9.53. The van der Waals surface area contributed by atoms with Crippen molar-refractivity contribution in [1.29, 1.82) is 0 Å². The van der Waals surface area contributed by atoms with Crippen molar-refractivity contribution in [3.63, 3.8) is 0 Å². The van der Waals surface area contributed by atoms with Crippen molar-refractivity contribution in [3.8, 4) is 0 Å². The van der Waals surface area contributed by atoms with Crippen LogP contribution in [-0.4, -0.2) is 30.6 Å². The first-order valence-corrected chi connectivity index (χ1v) is 6.90. The van der Waals surface area contributed by atoms with Crippen molar-refractivity contribution < 1.29 is 51.3 Å². The minimum Gasteiger partial charge on any atom is -0.852 e. The van der Waals surface area contributed by atoms with Crippen LogP contribution < -0.4 is 15.3 Å². The molecule has 0 aliphatic heterocycles. The second kappa shape index (κ2) is 23.5. The second-order valence-corrected chi connectivity index (χ2v) is 5.27. The molecule has 0 atom stereocenters. The Morgan fingerprint density at radius 3 is 1.48 bits per heavy atom. The molecule has 0 amide bonds. The van der Waals surface area contributed by atoms with Gasteiger partial charge in [0.25, 0.3) is 6.16 Å². The van der Waals surface area contributed by atoms with E-state index in [9.17, 15) is 20.1 Å². The van der Waals surface area contributed by atoms with Crippen LogP contribution >= 0.6 is 0 Å². The summed E-state index contributed by atoms with van der Waals surface area (Å²) in [6.07, 6.45) is 0.133. The van der Waals surface area contributed by atoms with Gasteiger partial charge in [-0.1, -0.05) is 40.0 Å². The third-order valence-corrected chi connectivity index (χ3v) is 0.692. The van der Waals surface area contributed by atoms with Gasteiger partial charge in [-0.25, -0.2) is 0 Å². The zero-order chi connectivity index (χ0) is 18.8. The number of carbonyl (C=O) groups excluding carboxylic acids is 1. The van der Waals surface area contributed by atoms with Crippen LogP contribution in [0.3, 0.4) is 0 Å². The molecule has 0 aromatic rings. The van der Waals surface area contributed by atoms with Gasteiger partial charge in [0.05, 0.1) is 0 Å². The van der Waals surface area contributed by atoms with Crippen molar-refractivity contribution in [2.24, 2.45) is 0 Å². The van der Waals surface area contributed by atoms with Crippen LogP contribution in [0.25, 0.3) is 0 Å². The minimum atomic E-state index is -1.46. The van der Waals surface area contributed by atoms with Gasteiger partial charge in [0.15, 0.2) is 0 Å². The molecule has 0 saturated carbocycles. The molecule has 0 spiro atoms. The third kappa shape index (κ3) is 150. The quantitative estimate of drug-likeness (QED) is 0.310. The first-order chi connectivity index (χ1) is 9.79. The van der Waals surface area contributed by atoms with Crippen molar-refractivity contribution >= 4 is 6.16 Å². The van der Waals surface area contributed by atoms with E-state index in [4.69, 9.17) is 4.74 Å². The number of hydrogen-bond donors (Lipinski definition) is 0. The predicted octanol–water partition coefficient (Wildman–Crippen LogP) is 0.777. The monoisotopic (exact) mass is 366 g/mol. The fourth-order valence-corrected chi connectivity index (χ4v) is 0.307. The van der Waals surface area contributed by atoms with Crippen molar-refractivity contribution in [2.75, 3.05) is 6.61 Å². The molecular weight excluding hydrogens is 336 g/mol. The van der Waals surface area contributed by atoms with Crippen LogP contribution in [0.15, 0.2) is 12.3 Å². The number of carboxylic acid groups (broad SMARTS) is 1. The molecular formula is C16H30O6Ti. The fraction of sp³-hybridized carbons (Fsp3) is 0.750. The first-order valence-electron chi connectivity index (χ1n) is 6.90. The Bertz CT molecular complexity index is 267. The van der Waals surface area contributed by atoms with E-state index in [2.05, 4.69) is 23.3 Å². The summed E-state index contributed by atoms with van der Waals surface area (Å²) in [5.74, 6) is 0. The van der Waals surface area contributed by atoms with Crippen molar-refractivity contribution in [2.45, 2.75) is 73.2 Å². The molecule has 2 radical (unpaired) electrons. The third-order valence-electron chi connectivity index (χ3n) is 0.692. The molecule has 0 aliphatic rings. The number of carbonyl (C=O) groups is 1. The molecule has 0 heterocycles. The van der Waals surface area contributed by atoms with Crippen LogP contribution in [0.5, 0.6) is 0 Å². The second-order valence-electron chi connectivity index (χ2n) is 5.27. The maximum Gasteiger partial charge on any atom is 3.00 e. The predicted molar refractivity (Wildman–Crippen MR) is 80.5 cm³/mol. The van der Waals surface area contributed by atoms with E-state index in [1.165, 1.54) is 0 Å². The van der Waals surface area contributed by atoms with Crippen LogP contribution in [0.2, 0.25) is 0 Å². The molecule has 6 nitrogen and oxygen atoms in total. The van der Waals surface area contributed by atoms with Crippen LogP contribution in [0, 0.1) is 6.26 Å². The smallest absolute Gasteiger partial charge is 0.852 e. The molecule has 23 heavy (non-hydrogen) atoms. The maximum atomic E-state index is 9.53. The summed E-state index contributed by atoms with van der Waals surface area (Å²) in [5, 5.41) is 28.3. The molecule has 7 heteroatoms. The topological polar surface area (TPSA) is 105 Å². The number of ether oxygens (including phenoxy) is 2. The van der Waals surface area contributed by atoms with E-state index in [1.54, 1.807) is 34.6 Å². The first kappa shape index (κ1) is 33.7. The average molecular weight is 366 g/mol. The standard InChI is InChI=1S/C7H11O.C3H6O3.2C3H7O.Ti/c1-5-6-8-7(2,3)4;1-2-6-3(4)5;2*1-3(2)4;/h1H2,2-4H3;2H2,1H3,(H,4,5);2*3H,1-2H3;/q;;2*-1;+3/p-1. The summed E-state index contributed by atoms with van der Waals surface area (Å²) in [7, 11) is 0. The Morgan fingerprint density at radius 1 is 1.13 bits per heavy atom. The summed E-state index contributed by atoms with van der Waals surface area (Å²) in [6.45, 7) is 17.3. The summed E-state index contributed by atoms with van der Waals surface area (Å²) < 4.78 is 8.80. The molecule has 0 aromatic carbocycles. The van der Waals surface area contributed by atoms with E-state index in [0.29, 0.717) is 0 Å². The SMILES string of the molecule is C=C=[C]OC(C)(C)C.CC(C)[O-].CC(C)[O-].CCOC(=O)[O-].[Ti+3]. The zero-order valence-corrected chi connectivity index (χ0v) is 17.1. The van der Waals surface area contributed by atoms with Gasteiger partial charge in [-0.05, 0) is 27.7 Å². The van der Waals surface area contributed by atoms with E-state index in [0.717, 1.165) is 0 Å². The molecule has 0 N–H and O–H groups in total. The zero-order valence-electron chi connectivity index (χ0n) is 15.5. The molecule has 0 bridgehead atoms.